The van der Waals surface area contributed by atoms with Crippen LogP contribution in [0.15, 0.2) is 52.5 Å². The monoisotopic (exact) mass is 271 g/mol. The number of benzene rings is 1. The highest BCUT2D eigenvalue weighted by Crippen LogP contribution is 2.32. The summed E-state index contributed by atoms with van der Waals surface area (Å²) in [6.45, 7) is 0. The number of halogens is 3. The number of alkyl halides is 3. The van der Waals surface area contributed by atoms with Gasteiger partial charge in [-0.3, -0.25) is 0 Å². The van der Waals surface area contributed by atoms with Crippen LogP contribution in [0.5, 0.6) is 5.75 Å². The van der Waals surface area contributed by atoms with Gasteiger partial charge in [0.05, 0.1) is 5.56 Å². The molecule has 0 saturated carbocycles. The first-order valence-corrected chi connectivity index (χ1v) is 5.77. The Morgan fingerprint density at radius 3 is 2.44 bits per heavy atom. The van der Waals surface area contributed by atoms with Crippen LogP contribution in [-0.2, 0) is 6.18 Å². The SMILES string of the molecule is Oc1cccc(Sc2ccc(C(F)(F)F)cn2)c1. The number of hydrogen-bond donors (Lipinski definition) is 1. The zero-order valence-electron chi connectivity index (χ0n) is 8.98. The van der Waals surface area contributed by atoms with Crippen molar-refractivity contribution >= 4 is 11.8 Å². The highest BCUT2D eigenvalue weighted by atomic mass is 32.2. The van der Waals surface area contributed by atoms with Crippen molar-refractivity contribution in [3.8, 4) is 5.75 Å². The highest BCUT2D eigenvalue weighted by Gasteiger charge is 2.30. The normalized spacial score (nSPS) is 11.5. The molecule has 2 aromatic rings. The molecule has 0 saturated heterocycles. The van der Waals surface area contributed by atoms with E-state index in [2.05, 4.69) is 4.98 Å². The second-order valence-electron chi connectivity index (χ2n) is 3.48. The maximum Gasteiger partial charge on any atom is 0.417 e. The largest absolute Gasteiger partial charge is 0.508 e. The van der Waals surface area contributed by atoms with Crippen LogP contribution >= 0.6 is 11.8 Å². The maximum absolute atomic E-state index is 12.3. The number of hydrogen-bond acceptors (Lipinski definition) is 3. The molecule has 0 fully saturated rings. The summed E-state index contributed by atoms with van der Waals surface area (Å²) in [6, 6.07) is 8.72. The van der Waals surface area contributed by atoms with Crippen molar-refractivity contribution in [3.63, 3.8) is 0 Å². The van der Waals surface area contributed by atoms with Crippen molar-refractivity contribution in [2.24, 2.45) is 0 Å². The fourth-order valence-electron chi connectivity index (χ4n) is 1.28. The molecule has 0 aliphatic heterocycles. The first-order valence-electron chi connectivity index (χ1n) is 4.95. The molecule has 0 radical (unpaired) electrons. The van der Waals surface area contributed by atoms with Crippen LogP contribution in [0.4, 0.5) is 13.2 Å². The topological polar surface area (TPSA) is 33.1 Å². The van der Waals surface area contributed by atoms with Crippen LogP contribution < -0.4 is 0 Å². The minimum atomic E-state index is -4.37. The van der Waals surface area contributed by atoms with Crippen LogP contribution in [0.1, 0.15) is 5.56 Å². The van der Waals surface area contributed by atoms with Gasteiger partial charge < -0.3 is 5.11 Å². The van der Waals surface area contributed by atoms with Crippen LogP contribution in [0.2, 0.25) is 0 Å². The van der Waals surface area contributed by atoms with Gasteiger partial charge in [0.25, 0.3) is 0 Å². The van der Waals surface area contributed by atoms with Gasteiger partial charge in [-0.05, 0) is 30.3 Å². The van der Waals surface area contributed by atoms with Crippen molar-refractivity contribution in [2.75, 3.05) is 0 Å². The molecule has 0 aliphatic carbocycles. The van der Waals surface area contributed by atoms with Gasteiger partial charge in [-0.2, -0.15) is 13.2 Å². The van der Waals surface area contributed by atoms with Crippen LogP contribution in [0.3, 0.4) is 0 Å². The number of aromatic nitrogens is 1. The van der Waals surface area contributed by atoms with Crippen LogP contribution in [0.25, 0.3) is 0 Å². The average molecular weight is 271 g/mol. The predicted octanol–water partition coefficient (Wildman–Crippen LogP) is 3.96. The average Bonchev–Trinajstić information content (AvgIpc) is 2.28. The number of pyridine rings is 1. The zero-order chi connectivity index (χ0) is 13.2. The van der Waals surface area contributed by atoms with E-state index < -0.39 is 11.7 Å². The van der Waals surface area contributed by atoms with Gasteiger partial charge in [0.2, 0.25) is 0 Å². The zero-order valence-corrected chi connectivity index (χ0v) is 9.79. The van der Waals surface area contributed by atoms with E-state index in [1.807, 2.05) is 0 Å². The van der Waals surface area contributed by atoms with Gasteiger partial charge in [0.1, 0.15) is 10.8 Å². The number of rotatable bonds is 2. The lowest BCUT2D eigenvalue weighted by molar-refractivity contribution is -0.137. The number of phenols is 1. The van der Waals surface area contributed by atoms with Crippen molar-refractivity contribution in [1.29, 1.82) is 0 Å². The molecule has 18 heavy (non-hydrogen) atoms. The number of nitrogens with zero attached hydrogens (tertiary/aromatic N) is 1. The molecule has 0 atom stereocenters. The Morgan fingerprint density at radius 1 is 1.11 bits per heavy atom. The Hall–Kier alpha value is -1.69. The molecule has 0 aliphatic rings. The smallest absolute Gasteiger partial charge is 0.417 e. The Bertz CT molecular complexity index is 540. The molecule has 94 valence electrons. The van der Waals surface area contributed by atoms with Gasteiger partial charge in [-0.15, -0.1) is 0 Å². The van der Waals surface area contributed by atoms with E-state index in [1.54, 1.807) is 12.1 Å². The number of aromatic hydroxyl groups is 1. The van der Waals surface area contributed by atoms with Gasteiger partial charge in [-0.25, -0.2) is 4.98 Å². The summed E-state index contributed by atoms with van der Waals surface area (Å²) in [5.74, 6) is 0.104. The standard InChI is InChI=1S/C12H8F3NOS/c13-12(14,15)8-4-5-11(16-7-8)18-10-3-1-2-9(17)6-10/h1-7,17H. The molecule has 0 unspecified atom stereocenters. The van der Waals surface area contributed by atoms with Gasteiger partial charge >= 0.3 is 6.18 Å². The summed E-state index contributed by atoms with van der Waals surface area (Å²) in [7, 11) is 0. The van der Waals surface area contributed by atoms with E-state index in [0.29, 0.717) is 9.92 Å². The fraction of sp³-hybridized carbons (Fsp3) is 0.0833. The summed E-state index contributed by atoms with van der Waals surface area (Å²) < 4.78 is 37.0. The predicted molar refractivity (Wildman–Crippen MR) is 61.5 cm³/mol. The summed E-state index contributed by atoms with van der Waals surface area (Å²) in [5, 5.41) is 9.70. The van der Waals surface area contributed by atoms with Crippen molar-refractivity contribution in [3.05, 3.63) is 48.2 Å². The summed E-state index contributed by atoms with van der Waals surface area (Å²) in [5.41, 5.74) is -0.775. The third-order valence-electron chi connectivity index (χ3n) is 2.10. The van der Waals surface area contributed by atoms with Crippen LogP contribution in [-0.4, -0.2) is 10.1 Å². The molecular formula is C12H8F3NOS. The summed E-state index contributed by atoms with van der Waals surface area (Å²) in [6.07, 6.45) is -3.58. The first kappa shape index (κ1) is 12.8. The third kappa shape index (κ3) is 3.16. The summed E-state index contributed by atoms with van der Waals surface area (Å²) in [4.78, 5) is 4.44. The maximum atomic E-state index is 12.3. The van der Waals surface area contributed by atoms with Crippen LogP contribution in [0, 0.1) is 0 Å². The summed E-state index contributed by atoms with van der Waals surface area (Å²) >= 11 is 1.18. The molecule has 6 heteroatoms. The van der Waals surface area contributed by atoms with Gasteiger partial charge in [0, 0.05) is 11.1 Å². The molecule has 1 aromatic heterocycles. The second kappa shape index (κ2) is 4.89. The molecule has 2 nitrogen and oxygen atoms in total. The minimum absolute atomic E-state index is 0.104. The van der Waals surface area contributed by atoms with Crippen molar-refractivity contribution in [1.82, 2.24) is 4.98 Å². The quantitative estimate of drug-likeness (QED) is 0.897. The van der Waals surface area contributed by atoms with E-state index in [4.69, 9.17) is 0 Å². The lowest BCUT2D eigenvalue weighted by Crippen LogP contribution is -2.04. The Labute approximate surface area is 105 Å². The Balaban J connectivity index is 2.16. The Morgan fingerprint density at radius 2 is 1.89 bits per heavy atom. The second-order valence-corrected chi connectivity index (χ2v) is 4.58. The van der Waals surface area contributed by atoms with Gasteiger partial charge in [-0.1, -0.05) is 17.8 Å². The first-order chi connectivity index (χ1) is 8.45. The lowest BCUT2D eigenvalue weighted by atomic mass is 10.3. The van der Waals surface area contributed by atoms with E-state index in [0.717, 1.165) is 12.3 Å². The molecule has 1 aromatic carbocycles. The molecular weight excluding hydrogens is 263 g/mol. The molecule has 1 heterocycles. The Kier molecular flexibility index (Phi) is 3.47. The molecule has 0 spiro atoms. The van der Waals surface area contributed by atoms with Crippen molar-refractivity contribution < 1.29 is 18.3 Å². The van der Waals surface area contributed by atoms with Crippen molar-refractivity contribution in [2.45, 2.75) is 16.1 Å². The van der Waals surface area contributed by atoms with Gasteiger partial charge in [0.15, 0.2) is 0 Å². The van der Waals surface area contributed by atoms with E-state index in [9.17, 15) is 18.3 Å². The van der Waals surface area contributed by atoms with E-state index in [1.165, 1.54) is 30.0 Å². The number of phenolic OH excluding ortho intramolecular Hbond substituents is 1. The third-order valence-corrected chi connectivity index (χ3v) is 3.04. The fourth-order valence-corrected chi connectivity index (χ4v) is 2.09. The lowest BCUT2D eigenvalue weighted by Gasteiger charge is -2.06. The molecule has 0 bridgehead atoms. The highest BCUT2D eigenvalue weighted by molar-refractivity contribution is 7.99. The molecule has 0 amide bonds. The molecule has 2 rings (SSSR count). The molecule has 1 N–H and O–H groups in total. The minimum Gasteiger partial charge on any atom is -0.508 e. The van der Waals surface area contributed by atoms with E-state index in [-0.39, 0.29) is 5.75 Å². The van der Waals surface area contributed by atoms with E-state index >= 15 is 0 Å².